The quantitative estimate of drug-likeness (QED) is 0.589. The van der Waals surface area contributed by atoms with Gasteiger partial charge < -0.3 is 24.8 Å². The average molecular weight is 377 g/mol. The standard InChI is InChI=1S/C20H32N4O3/c1-5-24(6-2)14-18(25)15-27-19-8-7-16(9-20(19)26-4)10-21-11-17-12-22-23(3)13-17/h7-9,12-13,18,21,25H,5-6,10-11,14-15H2,1-4H3. The van der Waals surface area contributed by atoms with Crippen molar-refractivity contribution in [2.45, 2.75) is 33.0 Å². The third-order valence-electron chi connectivity index (χ3n) is 4.44. The summed E-state index contributed by atoms with van der Waals surface area (Å²) in [5.74, 6) is 1.32. The molecular weight excluding hydrogens is 344 g/mol. The number of aliphatic hydroxyl groups is 1. The normalized spacial score (nSPS) is 12.4. The van der Waals surface area contributed by atoms with Crippen molar-refractivity contribution in [1.29, 1.82) is 0 Å². The smallest absolute Gasteiger partial charge is 0.161 e. The zero-order valence-corrected chi connectivity index (χ0v) is 16.8. The third-order valence-corrected chi connectivity index (χ3v) is 4.44. The van der Waals surface area contributed by atoms with Crippen molar-refractivity contribution >= 4 is 0 Å². The van der Waals surface area contributed by atoms with Crippen LogP contribution in [-0.4, -0.2) is 59.2 Å². The zero-order valence-electron chi connectivity index (χ0n) is 16.8. The van der Waals surface area contributed by atoms with Crippen molar-refractivity contribution in [1.82, 2.24) is 20.0 Å². The molecule has 0 aliphatic heterocycles. The molecule has 1 aromatic carbocycles. The minimum absolute atomic E-state index is 0.242. The van der Waals surface area contributed by atoms with E-state index in [-0.39, 0.29) is 6.61 Å². The molecule has 2 rings (SSSR count). The average Bonchev–Trinajstić information content (AvgIpc) is 3.09. The van der Waals surface area contributed by atoms with E-state index in [0.717, 1.165) is 37.3 Å². The van der Waals surface area contributed by atoms with Crippen LogP contribution in [0.15, 0.2) is 30.6 Å². The van der Waals surface area contributed by atoms with Crippen LogP contribution < -0.4 is 14.8 Å². The summed E-state index contributed by atoms with van der Waals surface area (Å²) in [6.07, 6.45) is 3.32. The van der Waals surface area contributed by atoms with Gasteiger partial charge in [0.25, 0.3) is 0 Å². The zero-order chi connectivity index (χ0) is 19.6. The summed E-state index contributed by atoms with van der Waals surface area (Å²) in [4.78, 5) is 2.17. The fraction of sp³-hybridized carbons (Fsp3) is 0.550. The van der Waals surface area contributed by atoms with Gasteiger partial charge in [0, 0.05) is 38.4 Å². The number of benzene rings is 1. The number of rotatable bonds is 12. The molecule has 1 atom stereocenters. The SMILES string of the molecule is CCN(CC)CC(O)COc1ccc(CNCc2cnn(C)c2)cc1OC. The Balaban J connectivity index is 1.85. The molecule has 0 radical (unpaired) electrons. The summed E-state index contributed by atoms with van der Waals surface area (Å²) >= 11 is 0. The molecule has 2 aromatic rings. The Morgan fingerprint density at radius 3 is 2.56 bits per heavy atom. The van der Waals surface area contributed by atoms with E-state index in [1.165, 1.54) is 0 Å². The van der Waals surface area contributed by atoms with Crippen LogP contribution in [0.5, 0.6) is 11.5 Å². The van der Waals surface area contributed by atoms with E-state index in [1.807, 2.05) is 37.6 Å². The van der Waals surface area contributed by atoms with Crippen LogP contribution in [0.25, 0.3) is 0 Å². The van der Waals surface area contributed by atoms with Gasteiger partial charge in [-0.15, -0.1) is 0 Å². The number of aliphatic hydroxyl groups excluding tert-OH is 1. The largest absolute Gasteiger partial charge is 0.493 e. The lowest BCUT2D eigenvalue weighted by molar-refractivity contribution is 0.0705. The van der Waals surface area contributed by atoms with E-state index in [2.05, 4.69) is 29.2 Å². The Morgan fingerprint density at radius 2 is 1.93 bits per heavy atom. The van der Waals surface area contributed by atoms with Crippen molar-refractivity contribution in [3.8, 4) is 11.5 Å². The first kappa shape index (κ1) is 21.2. The first-order valence-electron chi connectivity index (χ1n) is 9.44. The predicted molar refractivity (Wildman–Crippen MR) is 106 cm³/mol. The van der Waals surface area contributed by atoms with Gasteiger partial charge in [0.05, 0.1) is 13.3 Å². The number of aromatic nitrogens is 2. The minimum atomic E-state index is -0.532. The fourth-order valence-corrected chi connectivity index (χ4v) is 2.87. The van der Waals surface area contributed by atoms with Gasteiger partial charge in [-0.25, -0.2) is 0 Å². The second-order valence-corrected chi connectivity index (χ2v) is 6.56. The molecule has 7 heteroatoms. The molecule has 27 heavy (non-hydrogen) atoms. The van der Waals surface area contributed by atoms with Crippen molar-refractivity contribution in [3.05, 3.63) is 41.7 Å². The molecule has 0 amide bonds. The van der Waals surface area contributed by atoms with Gasteiger partial charge in [0.2, 0.25) is 0 Å². The number of hydrogen-bond acceptors (Lipinski definition) is 6. The molecule has 0 bridgehead atoms. The summed E-state index contributed by atoms with van der Waals surface area (Å²) in [7, 11) is 3.54. The monoisotopic (exact) mass is 376 g/mol. The maximum Gasteiger partial charge on any atom is 0.161 e. The van der Waals surface area contributed by atoms with E-state index in [1.54, 1.807) is 11.8 Å². The minimum Gasteiger partial charge on any atom is -0.493 e. The van der Waals surface area contributed by atoms with Crippen molar-refractivity contribution in [2.75, 3.05) is 33.4 Å². The highest BCUT2D eigenvalue weighted by atomic mass is 16.5. The summed E-state index contributed by atoms with van der Waals surface area (Å²) in [5, 5.41) is 17.7. The second kappa shape index (κ2) is 10.9. The maximum absolute atomic E-state index is 10.2. The van der Waals surface area contributed by atoms with Crippen LogP contribution in [0, 0.1) is 0 Å². The van der Waals surface area contributed by atoms with Crippen LogP contribution in [0.4, 0.5) is 0 Å². The number of likely N-dealkylation sites (N-methyl/N-ethyl adjacent to an activating group) is 1. The predicted octanol–water partition coefficient (Wildman–Crippen LogP) is 1.80. The summed E-state index contributed by atoms with van der Waals surface area (Å²) in [6, 6.07) is 5.86. The Labute approximate surface area is 161 Å². The van der Waals surface area contributed by atoms with Crippen molar-refractivity contribution < 1.29 is 14.6 Å². The molecular formula is C20H32N4O3. The molecule has 2 N–H and O–H groups in total. The number of nitrogens with zero attached hydrogens (tertiary/aromatic N) is 3. The summed E-state index contributed by atoms with van der Waals surface area (Å²) in [6.45, 7) is 8.32. The number of nitrogens with one attached hydrogen (secondary N) is 1. The van der Waals surface area contributed by atoms with Crippen LogP contribution in [-0.2, 0) is 20.1 Å². The van der Waals surface area contributed by atoms with Gasteiger partial charge in [-0.05, 0) is 30.8 Å². The van der Waals surface area contributed by atoms with Gasteiger partial charge >= 0.3 is 0 Å². The van der Waals surface area contributed by atoms with Crippen LogP contribution >= 0.6 is 0 Å². The second-order valence-electron chi connectivity index (χ2n) is 6.56. The summed E-state index contributed by atoms with van der Waals surface area (Å²) in [5.41, 5.74) is 2.25. The Morgan fingerprint density at radius 1 is 1.19 bits per heavy atom. The molecule has 0 saturated carbocycles. The Kier molecular flexibility index (Phi) is 8.57. The van der Waals surface area contributed by atoms with Gasteiger partial charge in [0.15, 0.2) is 11.5 Å². The molecule has 0 aliphatic carbocycles. The molecule has 0 spiro atoms. The van der Waals surface area contributed by atoms with Gasteiger partial charge in [0.1, 0.15) is 12.7 Å². The van der Waals surface area contributed by atoms with Crippen molar-refractivity contribution in [2.24, 2.45) is 7.05 Å². The molecule has 1 heterocycles. The number of hydrogen-bond donors (Lipinski definition) is 2. The molecule has 0 aliphatic rings. The van der Waals surface area contributed by atoms with E-state index >= 15 is 0 Å². The third kappa shape index (κ3) is 6.86. The lowest BCUT2D eigenvalue weighted by Crippen LogP contribution is -2.35. The van der Waals surface area contributed by atoms with Crippen LogP contribution in [0.2, 0.25) is 0 Å². The maximum atomic E-state index is 10.2. The van der Waals surface area contributed by atoms with Crippen LogP contribution in [0.3, 0.4) is 0 Å². The molecule has 1 aromatic heterocycles. The highest BCUT2D eigenvalue weighted by Gasteiger charge is 2.12. The molecule has 150 valence electrons. The van der Waals surface area contributed by atoms with Gasteiger partial charge in [-0.2, -0.15) is 5.10 Å². The highest BCUT2D eigenvalue weighted by Crippen LogP contribution is 2.28. The number of methoxy groups -OCH3 is 1. The Bertz CT molecular complexity index is 686. The van der Waals surface area contributed by atoms with Gasteiger partial charge in [-0.1, -0.05) is 19.9 Å². The topological polar surface area (TPSA) is 71.8 Å². The van der Waals surface area contributed by atoms with Crippen LogP contribution in [0.1, 0.15) is 25.0 Å². The van der Waals surface area contributed by atoms with E-state index in [4.69, 9.17) is 9.47 Å². The number of aryl methyl sites for hydroxylation is 1. The lowest BCUT2D eigenvalue weighted by Gasteiger charge is -2.22. The highest BCUT2D eigenvalue weighted by molar-refractivity contribution is 5.43. The molecule has 7 nitrogen and oxygen atoms in total. The lowest BCUT2D eigenvalue weighted by atomic mass is 10.2. The van der Waals surface area contributed by atoms with E-state index in [0.29, 0.717) is 18.0 Å². The fourth-order valence-electron chi connectivity index (χ4n) is 2.87. The van der Waals surface area contributed by atoms with E-state index < -0.39 is 6.10 Å². The molecule has 0 fully saturated rings. The van der Waals surface area contributed by atoms with Gasteiger partial charge in [-0.3, -0.25) is 4.68 Å². The summed E-state index contributed by atoms with van der Waals surface area (Å²) < 4.78 is 13.0. The first-order valence-corrected chi connectivity index (χ1v) is 9.44. The molecule has 1 unspecified atom stereocenters. The Hall–Kier alpha value is -2.09. The number of ether oxygens (including phenoxy) is 2. The van der Waals surface area contributed by atoms with E-state index in [9.17, 15) is 5.11 Å². The first-order chi connectivity index (χ1) is 13.0. The van der Waals surface area contributed by atoms with Crippen molar-refractivity contribution in [3.63, 3.8) is 0 Å². The molecule has 0 saturated heterocycles.